The summed E-state index contributed by atoms with van der Waals surface area (Å²) in [6.45, 7) is 0.577. The predicted molar refractivity (Wildman–Crippen MR) is 71.9 cm³/mol. The van der Waals surface area contributed by atoms with Gasteiger partial charge in [-0.1, -0.05) is 12.1 Å². The maximum Gasteiger partial charge on any atom is 0.240 e. The second-order valence-corrected chi connectivity index (χ2v) is 5.41. The first kappa shape index (κ1) is 14.5. The van der Waals surface area contributed by atoms with E-state index in [4.69, 9.17) is 0 Å². The Kier molecular flexibility index (Phi) is 5.11. The zero-order valence-corrected chi connectivity index (χ0v) is 11.5. The molecule has 1 rings (SSSR count). The molecule has 0 heterocycles. The van der Waals surface area contributed by atoms with Gasteiger partial charge in [-0.05, 0) is 24.7 Å². The van der Waals surface area contributed by atoms with Crippen LogP contribution in [0.2, 0.25) is 0 Å². The molecule has 3 N–H and O–H groups in total. The Morgan fingerprint density at radius 2 is 1.83 bits per heavy atom. The summed E-state index contributed by atoms with van der Waals surface area (Å²) in [5, 5.41) is 5.98. The van der Waals surface area contributed by atoms with Gasteiger partial charge in [-0.25, -0.2) is 13.1 Å². The van der Waals surface area contributed by atoms with Gasteiger partial charge >= 0.3 is 0 Å². The van der Waals surface area contributed by atoms with E-state index in [1.54, 1.807) is 38.4 Å². The first-order chi connectivity index (χ1) is 8.53. The molecule has 0 amide bonds. The molecule has 18 heavy (non-hydrogen) atoms. The number of hydrogen-bond acceptors (Lipinski definition) is 3. The van der Waals surface area contributed by atoms with Crippen LogP contribution in [-0.2, 0) is 16.6 Å². The van der Waals surface area contributed by atoms with Gasteiger partial charge in [0.15, 0.2) is 5.96 Å². The first-order valence-electron chi connectivity index (χ1n) is 5.44. The van der Waals surface area contributed by atoms with E-state index >= 15 is 0 Å². The lowest BCUT2D eigenvalue weighted by molar-refractivity contribution is 0.588. The summed E-state index contributed by atoms with van der Waals surface area (Å²) >= 11 is 0. The summed E-state index contributed by atoms with van der Waals surface area (Å²) in [5.74, 6) is 0.682. The van der Waals surface area contributed by atoms with Crippen LogP contribution in [0.3, 0.4) is 0 Å². The quantitative estimate of drug-likeness (QED) is 0.526. The molecule has 0 saturated carbocycles. The Hall–Kier alpha value is -1.60. The molecule has 1 aromatic carbocycles. The minimum absolute atomic E-state index is 0.256. The number of hydrogen-bond donors (Lipinski definition) is 3. The van der Waals surface area contributed by atoms with Gasteiger partial charge in [0.2, 0.25) is 10.0 Å². The van der Waals surface area contributed by atoms with Crippen LogP contribution in [0.25, 0.3) is 0 Å². The van der Waals surface area contributed by atoms with Crippen LogP contribution in [0.5, 0.6) is 0 Å². The van der Waals surface area contributed by atoms with Gasteiger partial charge in [0, 0.05) is 20.6 Å². The first-order valence-corrected chi connectivity index (χ1v) is 6.92. The van der Waals surface area contributed by atoms with Crippen molar-refractivity contribution >= 4 is 16.0 Å². The smallest absolute Gasteiger partial charge is 0.240 e. The van der Waals surface area contributed by atoms with Crippen molar-refractivity contribution in [3.8, 4) is 0 Å². The third-order valence-electron chi connectivity index (χ3n) is 2.42. The van der Waals surface area contributed by atoms with Crippen LogP contribution in [0.1, 0.15) is 5.56 Å². The molecule has 0 saturated heterocycles. The number of sulfonamides is 1. The Labute approximate surface area is 108 Å². The minimum Gasteiger partial charge on any atom is -0.359 e. The topological polar surface area (TPSA) is 82.6 Å². The maximum atomic E-state index is 11.5. The fourth-order valence-electron chi connectivity index (χ4n) is 1.37. The normalized spacial score (nSPS) is 12.3. The predicted octanol–water partition coefficient (Wildman–Crippen LogP) is -0.110. The summed E-state index contributed by atoms with van der Waals surface area (Å²) in [6.07, 6.45) is 0. The van der Waals surface area contributed by atoms with Gasteiger partial charge in [0.05, 0.1) is 4.90 Å². The van der Waals surface area contributed by atoms with E-state index in [0.29, 0.717) is 12.5 Å². The molecule has 0 atom stereocenters. The van der Waals surface area contributed by atoms with Crippen molar-refractivity contribution in [2.24, 2.45) is 4.99 Å². The van der Waals surface area contributed by atoms with Crippen molar-refractivity contribution < 1.29 is 8.42 Å². The lowest BCUT2D eigenvalue weighted by Crippen LogP contribution is -2.34. The lowest BCUT2D eigenvalue weighted by atomic mass is 10.2. The van der Waals surface area contributed by atoms with Gasteiger partial charge in [-0.15, -0.1) is 0 Å². The third-order valence-corrected chi connectivity index (χ3v) is 3.85. The fourth-order valence-corrected chi connectivity index (χ4v) is 2.10. The van der Waals surface area contributed by atoms with Crippen molar-refractivity contribution in [2.75, 3.05) is 21.1 Å². The molecule has 1 aromatic rings. The molecule has 0 aliphatic rings. The van der Waals surface area contributed by atoms with Crippen LogP contribution in [0, 0.1) is 0 Å². The molecule has 100 valence electrons. The molecular weight excluding hydrogens is 252 g/mol. The summed E-state index contributed by atoms with van der Waals surface area (Å²) in [6, 6.07) is 6.68. The monoisotopic (exact) mass is 270 g/mol. The van der Waals surface area contributed by atoms with Crippen molar-refractivity contribution in [2.45, 2.75) is 11.4 Å². The SMILES string of the molecule is CN=C(NC)NCc1ccc(S(=O)(=O)NC)cc1. The van der Waals surface area contributed by atoms with Crippen molar-refractivity contribution in [3.05, 3.63) is 29.8 Å². The highest BCUT2D eigenvalue weighted by atomic mass is 32.2. The van der Waals surface area contributed by atoms with Crippen LogP contribution < -0.4 is 15.4 Å². The Balaban J connectivity index is 2.73. The number of aliphatic imine (C=N–C) groups is 1. The van der Waals surface area contributed by atoms with Gasteiger partial charge in [-0.3, -0.25) is 4.99 Å². The second-order valence-electron chi connectivity index (χ2n) is 3.53. The standard InChI is InChI=1S/C11H18N4O2S/c1-12-11(13-2)15-8-9-4-6-10(7-5-9)18(16,17)14-3/h4-7,14H,8H2,1-3H3,(H2,12,13,15). The van der Waals surface area contributed by atoms with Gasteiger partial charge < -0.3 is 10.6 Å². The average molecular weight is 270 g/mol. The number of nitrogens with zero attached hydrogens (tertiary/aromatic N) is 1. The van der Waals surface area contributed by atoms with E-state index in [0.717, 1.165) is 5.56 Å². The number of nitrogens with one attached hydrogen (secondary N) is 3. The van der Waals surface area contributed by atoms with Crippen molar-refractivity contribution in [1.82, 2.24) is 15.4 Å². The summed E-state index contributed by atoms with van der Waals surface area (Å²) in [4.78, 5) is 4.24. The summed E-state index contributed by atoms with van der Waals surface area (Å²) in [7, 11) is 1.49. The zero-order chi connectivity index (χ0) is 13.6. The highest BCUT2D eigenvalue weighted by Crippen LogP contribution is 2.09. The number of benzene rings is 1. The van der Waals surface area contributed by atoms with Gasteiger partial charge in [-0.2, -0.15) is 0 Å². The summed E-state index contributed by atoms with van der Waals surface area (Å²) < 4.78 is 25.3. The van der Waals surface area contributed by atoms with Gasteiger partial charge in [0.1, 0.15) is 0 Å². The lowest BCUT2D eigenvalue weighted by Gasteiger charge is -2.09. The number of guanidine groups is 1. The van der Waals surface area contributed by atoms with Crippen LogP contribution in [-0.4, -0.2) is 35.5 Å². The van der Waals surface area contributed by atoms with E-state index in [9.17, 15) is 8.42 Å². The molecule has 6 nitrogen and oxygen atoms in total. The second kappa shape index (κ2) is 6.36. The Bertz CT molecular complexity index is 508. The van der Waals surface area contributed by atoms with E-state index in [-0.39, 0.29) is 4.90 Å². The van der Waals surface area contributed by atoms with Gasteiger partial charge in [0.25, 0.3) is 0 Å². The maximum absolute atomic E-state index is 11.5. The highest BCUT2D eigenvalue weighted by molar-refractivity contribution is 7.89. The number of rotatable bonds is 4. The van der Waals surface area contributed by atoms with E-state index in [1.165, 1.54) is 7.05 Å². The molecule has 0 aromatic heterocycles. The zero-order valence-electron chi connectivity index (χ0n) is 10.7. The minimum atomic E-state index is -3.36. The molecule has 0 spiro atoms. The van der Waals surface area contributed by atoms with E-state index < -0.39 is 10.0 Å². The molecular formula is C11H18N4O2S. The van der Waals surface area contributed by atoms with Crippen molar-refractivity contribution in [1.29, 1.82) is 0 Å². The summed E-state index contributed by atoms with van der Waals surface area (Å²) in [5.41, 5.74) is 0.974. The van der Waals surface area contributed by atoms with Crippen LogP contribution in [0.4, 0.5) is 0 Å². The van der Waals surface area contributed by atoms with E-state index in [2.05, 4.69) is 20.3 Å². The van der Waals surface area contributed by atoms with Crippen LogP contribution in [0.15, 0.2) is 34.2 Å². The molecule has 0 aliphatic heterocycles. The van der Waals surface area contributed by atoms with Crippen LogP contribution >= 0.6 is 0 Å². The molecule has 0 unspecified atom stereocenters. The molecule has 0 aliphatic carbocycles. The molecule has 0 radical (unpaired) electrons. The van der Waals surface area contributed by atoms with Crippen molar-refractivity contribution in [3.63, 3.8) is 0 Å². The van der Waals surface area contributed by atoms with E-state index in [1.807, 2.05) is 0 Å². The average Bonchev–Trinajstić information content (AvgIpc) is 2.40. The molecule has 0 bridgehead atoms. The molecule has 7 heteroatoms. The highest BCUT2D eigenvalue weighted by Gasteiger charge is 2.10. The third kappa shape index (κ3) is 3.71. The Morgan fingerprint density at radius 1 is 1.22 bits per heavy atom. The Morgan fingerprint density at radius 3 is 2.28 bits per heavy atom. The fraction of sp³-hybridized carbons (Fsp3) is 0.364. The largest absolute Gasteiger partial charge is 0.359 e. The molecule has 0 fully saturated rings.